The molecule has 204 valence electrons. The number of carboxylic acids is 1. The molecule has 9 heteroatoms. The van der Waals surface area contributed by atoms with Crippen molar-refractivity contribution in [3.63, 3.8) is 0 Å². The summed E-state index contributed by atoms with van der Waals surface area (Å²) in [6.07, 6.45) is 10.6. The fraction of sp³-hybridized carbons (Fsp3) is 0.433. The summed E-state index contributed by atoms with van der Waals surface area (Å²) in [7, 11) is 0. The lowest BCUT2D eigenvalue weighted by Crippen LogP contribution is -2.41. The van der Waals surface area contributed by atoms with Gasteiger partial charge in [0, 0.05) is 42.7 Å². The van der Waals surface area contributed by atoms with Gasteiger partial charge in [-0.15, -0.1) is 5.10 Å². The minimum atomic E-state index is -1.09. The molecular weight excluding hydrogens is 492 g/mol. The summed E-state index contributed by atoms with van der Waals surface area (Å²) in [5, 5.41) is 19.4. The van der Waals surface area contributed by atoms with Gasteiger partial charge in [-0.3, -0.25) is 9.69 Å². The topological polar surface area (TPSA) is 106 Å². The number of fused-ring (bicyclic) bond motifs is 1. The van der Waals surface area contributed by atoms with Crippen molar-refractivity contribution in [2.24, 2.45) is 17.8 Å². The van der Waals surface area contributed by atoms with Crippen LogP contribution in [0.2, 0.25) is 0 Å². The Balaban J connectivity index is 1.47. The van der Waals surface area contributed by atoms with E-state index in [4.69, 9.17) is 5.10 Å². The van der Waals surface area contributed by atoms with E-state index in [2.05, 4.69) is 30.9 Å². The van der Waals surface area contributed by atoms with Crippen LogP contribution in [0.25, 0.3) is 22.6 Å². The minimum Gasteiger partial charge on any atom is -0.477 e. The predicted octanol–water partition coefficient (Wildman–Crippen LogP) is 5.88. The van der Waals surface area contributed by atoms with Crippen LogP contribution in [-0.4, -0.2) is 47.9 Å². The molecule has 0 bridgehead atoms. The van der Waals surface area contributed by atoms with Crippen molar-refractivity contribution >= 4 is 23.3 Å². The van der Waals surface area contributed by atoms with Gasteiger partial charge in [-0.2, -0.15) is 5.10 Å². The first-order valence-electron chi connectivity index (χ1n) is 13.9. The maximum Gasteiger partial charge on any atom is 0.341 e. The number of aromatic carboxylic acids is 1. The van der Waals surface area contributed by atoms with Crippen molar-refractivity contribution in [3.8, 4) is 16.9 Å². The molecule has 0 saturated heterocycles. The van der Waals surface area contributed by atoms with E-state index in [9.17, 15) is 14.7 Å². The van der Waals surface area contributed by atoms with Gasteiger partial charge in [0.1, 0.15) is 5.56 Å². The molecule has 3 heterocycles. The molecule has 1 N–H and O–H groups in total. The number of amides is 1. The second-order valence-corrected chi connectivity index (χ2v) is 10.7. The SMILES string of the molecule is CCC(CC)CN(C(=O)C1CCC(C)CC1)c1nn(-c2ccc(-c3cc4ncccn4n3)cc2)cc1C(=O)O. The Hall–Kier alpha value is -4.01. The van der Waals surface area contributed by atoms with Gasteiger partial charge in [0.25, 0.3) is 0 Å². The molecule has 0 aliphatic heterocycles. The van der Waals surface area contributed by atoms with Gasteiger partial charge in [-0.1, -0.05) is 45.7 Å². The molecule has 1 aromatic carbocycles. The van der Waals surface area contributed by atoms with E-state index in [1.54, 1.807) is 20.3 Å². The molecule has 1 saturated carbocycles. The highest BCUT2D eigenvalue weighted by Gasteiger charge is 2.33. The molecule has 1 aliphatic carbocycles. The molecule has 5 rings (SSSR count). The van der Waals surface area contributed by atoms with Crippen molar-refractivity contribution in [3.05, 3.63) is 60.6 Å². The molecule has 39 heavy (non-hydrogen) atoms. The third kappa shape index (κ3) is 5.57. The van der Waals surface area contributed by atoms with Gasteiger partial charge in [-0.25, -0.2) is 19.0 Å². The van der Waals surface area contributed by atoms with Crippen molar-refractivity contribution in [1.29, 1.82) is 0 Å². The quantitative estimate of drug-likeness (QED) is 0.291. The van der Waals surface area contributed by atoms with Crippen LogP contribution in [0.1, 0.15) is 69.7 Å². The fourth-order valence-electron chi connectivity index (χ4n) is 5.42. The van der Waals surface area contributed by atoms with Gasteiger partial charge >= 0.3 is 5.97 Å². The monoisotopic (exact) mass is 528 g/mol. The highest BCUT2D eigenvalue weighted by atomic mass is 16.4. The molecule has 1 aliphatic rings. The number of aromatic nitrogens is 5. The zero-order chi connectivity index (χ0) is 27.5. The van der Waals surface area contributed by atoms with Crippen LogP contribution in [0.3, 0.4) is 0 Å². The summed E-state index contributed by atoms with van der Waals surface area (Å²) in [4.78, 5) is 32.2. The van der Waals surface area contributed by atoms with Gasteiger partial charge < -0.3 is 5.11 Å². The Morgan fingerprint density at radius 3 is 2.44 bits per heavy atom. The average molecular weight is 529 g/mol. The first kappa shape index (κ1) is 26.6. The van der Waals surface area contributed by atoms with Gasteiger partial charge in [0.2, 0.25) is 5.91 Å². The van der Waals surface area contributed by atoms with Crippen LogP contribution >= 0.6 is 0 Å². The first-order chi connectivity index (χ1) is 18.9. The summed E-state index contributed by atoms with van der Waals surface area (Å²) < 4.78 is 3.28. The van der Waals surface area contributed by atoms with E-state index >= 15 is 0 Å². The van der Waals surface area contributed by atoms with E-state index in [-0.39, 0.29) is 29.1 Å². The van der Waals surface area contributed by atoms with E-state index in [1.807, 2.05) is 42.6 Å². The average Bonchev–Trinajstić information content (AvgIpc) is 3.59. The third-order valence-electron chi connectivity index (χ3n) is 8.07. The van der Waals surface area contributed by atoms with Crippen molar-refractivity contribution in [2.45, 2.75) is 59.3 Å². The number of nitrogens with zero attached hydrogens (tertiary/aromatic N) is 6. The Morgan fingerprint density at radius 2 is 1.79 bits per heavy atom. The van der Waals surface area contributed by atoms with Crippen LogP contribution in [-0.2, 0) is 4.79 Å². The van der Waals surface area contributed by atoms with Crippen LogP contribution in [0.15, 0.2) is 55.0 Å². The summed E-state index contributed by atoms with van der Waals surface area (Å²) in [6, 6.07) is 11.4. The Labute approximate surface area is 228 Å². The standard InChI is InChI=1S/C30H36N6O3/c1-4-21(5-2)18-34(29(37)23-9-7-20(3)8-10-23)28-25(30(38)39)19-36(33-28)24-13-11-22(12-14-24)26-17-27-31-15-6-16-35(27)32-26/h6,11-17,19-21,23H,4-5,7-10,18H2,1-3H3,(H,38,39). The zero-order valence-corrected chi connectivity index (χ0v) is 22.8. The summed E-state index contributed by atoms with van der Waals surface area (Å²) >= 11 is 0. The Kier molecular flexibility index (Phi) is 7.77. The number of hydrogen-bond acceptors (Lipinski definition) is 5. The Bertz CT molecular complexity index is 1410. The number of carbonyl (C=O) groups is 2. The van der Waals surface area contributed by atoms with E-state index < -0.39 is 5.97 Å². The summed E-state index contributed by atoms with van der Waals surface area (Å²) in [5.74, 6) is -0.0744. The number of hydrogen-bond donors (Lipinski definition) is 1. The highest BCUT2D eigenvalue weighted by Crippen LogP contribution is 2.33. The largest absolute Gasteiger partial charge is 0.477 e. The zero-order valence-electron chi connectivity index (χ0n) is 22.8. The Morgan fingerprint density at radius 1 is 1.08 bits per heavy atom. The number of rotatable bonds is 9. The van der Waals surface area contributed by atoms with Crippen LogP contribution < -0.4 is 4.90 Å². The number of benzene rings is 1. The van der Waals surface area contributed by atoms with Crippen molar-refractivity contribution in [2.75, 3.05) is 11.4 Å². The summed E-state index contributed by atoms with van der Waals surface area (Å²) in [6.45, 7) is 6.91. The van der Waals surface area contributed by atoms with Crippen molar-refractivity contribution in [1.82, 2.24) is 24.4 Å². The normalized spacial score (nSPS) is 17.5. The molecule has 0 unspecified atom stereocenters. The van der Waals surface area contributed by atoms with Crippen LogP contribution in [0.5, 0.6) is 0 Å². The van der Waals surface area contributed by atoms with Gasteiger partial charge in [0.05, 0.1) is 11.4 Å². The molecule has 1 amide bonds. The second kappa shape index (κ2) is 11.4. The molecule has 0 atom stereocenters. The minimum absolute atomic E-state index is 0.00245. The maximum absolute atomic E-state index is 13.8. The van der Waals surface area contributed by atoms with E-state index in [0.717, 1.165) is 55.4 Å². The predicted molar refractivity (Wildman–Crippen MR) is 150 cm³/mol. The lowest BCUT2D eigenvalue weighted by Gasteiger charge is -2.32. The molecule has 0 spiro atoms. The molecule has 0 radical (unpaired) electrons. The smallest absolute Gasteiger partial charge is 0.341 e. The number of carbonyl (C=O) groups excluding carboxylic acids is 1. The third-order valence-corrected chi connectivity index (χ3v) is 8.07. The fourth-order valence-corrected chi connectivity index (χ4v) is 5.42. The van der Waals surface area contributed by atoms with E-state index in [1.165, 1.54) is 6.20 Å². The number of anilines is 1. The molecule has 9 nitrogen and oxygen atoms in total. The molecule has 1 fully saturated rings. The molecule has 3 aromatic heterocycles. The first-order valence-corrected chi connectivity index (χ1v) is 13.9. The summed E-state index contributed by atoms with van der Waals surface area (Å²) in [5.41, 5.74) is 3.20. The highest BCUT2D eigenvalue weighted by molar-refractivity contribution is 6.01. The lowest BCUT2D eigenvalue weighted by atomic mass is 9.82. The lowest BCUT2D eigenvalue weighted by molar-refractivity contribution is -0.123. The number of carboxylic acid groups (broad SMARTS) is 1. The molecule has 4 aromatic rings. The second-order valence-electron chi connectivity index (χ2n) is 10.7. The van der Waals surface area contributed by atoms with Gasteiger partial charge in [-0.05, 0) is 55.7 Å². The van der Waals surface area contributed by atoms with Gasteiger partial charge in [0.15, 0.2) is 11.5 Å². The van der Waals surface area contributed by atoms with Crippen LogP contribution in [0, 0.1) is 17.8 Å². The molecular formula is C30H36N6O3. The maximum atomic E-state index is 13.8. The van der Waals surface area contributed by atoms with Crippen LogP contribution in [0.4, 0.5) is 5.82 Å². The van der Waals surface area contributed by atoms with Crippen molar-refractivity contribution < 1.29 is 14.7 Å². The van der Waals surface area contributed by atoms with E-state index in [0.29, 0.717) is 18.2 Å².